The van der Waals surface area contributed by atoms with E-state index in [1.165, 1.54) is 24.8 Å². The molecule has 0 aliphatic heterocycles. The van der Waals surface area contributed by atoms with Crippen LogP contribution in [-0.4, -0.2) is 26.9 Å². The van der Waals surface area contributed by atoms with Crippen LogP contribution in [0.15, 0.2) is 22.7 Å². The number of imidazole rings is 1. The van der Waals surface area contributed by atoms with Crippen molar-refractivity contribution < 1.29 is 0 Å². The number of hydrogen-bond acceptors (Lipinski definition) is 2. The highest BCUT2D eigenvalue weighted by atomic mass is 79.9. The van der Waals surface area contributed by atoms with E-state index in [1.807, 2.05) is 11.8 Å². The van der Waals surface area contributed by atoms with Crippen molar-refractivity contribution in [2.75, 3.05) is 12.1 Å². The Morgan fingerprint density at radius 1 is 1.45 bits per heavy atom. The molecule has 1 aliphatic rings. The molecule has 0 amide bonds. The van der Waals surface area contributed by atoms with Crippen molar-refractivity contribution in [3.8, 4) is 0 Å². The minimum absolute atomic E-state index is 0.580. The number of thioether (sulfide) groups is 1. The van der Waals surface area contributed by atoms with E-state index >= 15 is 0 Å². The Morgan fingerprint density at radius 3 is 3.00 bits per heavy atom. The zero-order chi connectivity index (χ0) is 14.1. The largest absolute Gasteiger partial charge is 0.325 e. The number of halogens is 2. The van der Waals surface area contributed by atoms with Crippen molar-refractivity contribution in [1.29, 1.82) is 0 Å². The van der Waals surface area contributed by atoms with Crippen LogP contribution in [0.3, 0.4) is 0 Å². The van der Waals surface area contributed by atoms with Crippen LogP contribution in [0, 0.1) is 0 Å². The highest BCUT2D eigenvalue weighted by molar-refractivity contribution is 9.10. The van der Waals surface area contributed by atoms with Gasteiger partial charge >= 0.3 is 0 Å². The lowest BCUT2D eigenvalue weighted by Gasteiger charge is -2.16. The molecule has 1 saturated carbocycles. The summed E-state index contributed by atoms with van der Waals surface area (Å²) in [4.78, 5) is 4.80. The fraction of sp³-hybridized carbons (Fsp3) is 0.533. The number of aryl methyl sites for hydroxylation is 1. The third-order valence-electron chi connectivity index (χ3n) is 4.10. The quantitative estimate of drug-likeness (QED) is 0.699. The highest BCUT2D eigenvalue weighted by Gasteiger charge is 2.28. The van der Waals surface area contributed by atoms with Crippen LogP contribution in [0.2, 0.25) is 0 Å². The van der Waals surface area contributed by atoms with E-state index in [0.29, 0.717) is 11.9 Å². The number of nitrogens with zero attached hydrogens (tertiary/aromatic N) is 2. The number of alkyl halides is 1. The van der Waals surface area contributed by atoms with Gasteiger partial charge in [-0.1, -0.05) is 15.9 Å². The number of rotatable bonds is 4. The first kappa shape index (κ1) is 14.7. The Hall–Kier alpha value is -0.190. The maximum atomic E-state index is 5.96. The van der Waals surface area contributed by atoms with Gasteiger partial charge < -0.3 is 4.57 Å². The van der Waals surface area contributed by atoms with Crippen LogP contribution >= 0.6 is 39.3 Å². The summed E-state index contributed by atoms with van der Waals surface area (Å²) in [6.07, 6.45) is 6.87. The molecule has 2 atom stereocenters. The first-order chi connectivity index (χ1) is 9.72. The Balaban J connectivity index is 2.05. The van der Waals surface area contributed by atoms with Crippen molar-refractivity contribution in [3.05, 3.63) is 28.5 Å². The SMILES string of the molecule is CSC1CCC(n2c(CCCl)nc3cc(Br)ccc32)C1. The molecule has 1 fully saturated rings. The Kier molecular flexibility index (Phi) is 4.63. The third kappa shape index (κ3) is 2.75. The smallest absolute Gasteiger partial charge is 0.111 e. The van der Waals surface area contributed by atoms with E-state index in [4.69, 9.17) is 16.6 Å². The zero-order valence-corrected chi connectivity index (χ0v) is 14.6. The van der Waals surface area contributed by atoms with Gasteiger partial charge in [0.25, 0.3) is 0 Å². The van der Waals surface area contributed by atoms with Gasteiger partial charge in [0.2, 0.25) is 0 Å². The summed E-state index contributed by atoms with van der Waals surface area (Å²) in [6, 6.07) is 6.96. The number of aromatic nitrogens is 2. The van der Waals surface area contributed by atoms with Crippen LogP contribution in [-0.2, 0) is 6.42 Å². The molecule has 3 rings (SSSR count). The summed E-state index contributed by atoms with van der Waals surface area (Å²) in [5.41, 5.74) is 2.33. The minimum atomic E-state index is 0.580. The average Bonchev–Trinajstić information content (AvgIpc) is 3.02. The topological polar surface area (TPSA) is 17.8 Å². The van der Waals surface area contributed by atoms with Gasteiger partial charge in [0.1, 0.15) is 5.82 Å². The van der Waals surface area contributed by atoms with Crippen LogP contribution < -0.4 is 0 Å². The van der Waals surface area contributed by atoms with E-state index in [0.717, 1.165) is 27.5 Å². The van der Waals surface area contributed by atoms with Gasteiger partial charge in [-0.15, -0.1) is 11.6 Å². The lowest BCUT2D eigenvalue weighted by atomic mass is 10.2. The monoisotopic (exact) mass is 372 g/mol. The fourth-order valence-electron chi connectivity index (χ4n) is 3.16. The second kappa shape index (κ2) is 6.29. The molecule has 20 heavy (non-hydrogen) atoms. The lowest BCUT2D eigenvalue weighted by molar-refractivity contribution is 0.514. The molecule has 0 spiro atoms. The maximum absolute atomic E-state index is 5.96. The molecule has 2 nitrogen and oxygen atoms in total. The fourth-order valence-corrected chi connectivity index (χ4v) is 4.46. The summed E-state index contributed by atoms with van der Waals surface area (Å²) < 4.78 is 3.53. The van der Waals surface area contributed by atoms with Crippen LogP contribution in [0.25, 0.3) is 11.0 Å². The van der Waals surface area contributed by atoms with Crippen LogP contribution in [0.5, 0.6) is 0 Å². The Labute approximate surface area is 137 Å². The molecular formula is C15H18BrClN2S. The molecule has 2 unspecified atom stereocenters. The van der Waals surface area contributed by atoms with Gasteiger partial charge in [0.05, 0.1) is 11.0 Å². The predicted molar refractivity (Wildman–Crippen MR) is 92.0 cm³/mol. The Morgan fingerprint density at radius 2 is 2.30 bits per heavy atom. The summed E-state index contributed by atoms with van der Waals surface area (Å²) in [6.45, 7) is 0. The van der Waals surface area contributed by atoms with Crippen molar-refractivity contribution in [1.82, 2.24) is 9.55 Å². The highest BCUT2D eigenvalue weighted by Crippen LogP contribution is 2.38. The van der Waals surface area contributed by atoms with E-state index in [9.17, 15) is 0 Å². The lowest BCUT2D eigenvalue weighted by Crippen LogP contribution is -2.10. The van der Waals surface area contributed by atoms with Crippen molar-refractivity contribution in [3.63, 3.8) is 0 Å². The molecule has 1 aliphatic carbocycles. The number of fused-ring (bicyclic) bond motifs is 1. The summed E-state index contributed by atoms with van der Waals surface area (Å²) >= 11 is 11.5. The second-order valence-electron chi connectivity index (χ2n) is 5.29. The molecule has 5 heteroatoms. The van der Waals surface area contributed by atoms with Crippen molar-refractivity contribution >= 4 is 50.3 Å². The zero-order valence-electron chi connectivity index (χ0n) is 11.5. The molecular weight excluding hydrogens is 356 g/mol. The first-order valence-electron chi connectivity index (χ1n) is 6.98. The van der Waals surface area contributed by atoms with E-state index in [1.54, 1.807) is 0 Å². The number of benzene rings is 1. The van der Waals surface area contributed by atoms with Gasteiger partial charge in [-0.3, -0.25) is 0 Å². The summed E-state index contributed by atoms with van der Waals surface area (Å²) in [5.74, 6) is 1.77. The van der Waals surface area contributed by atoms with Gasteiger partial charge in [-0.05, 0) is 43.7 Å². The van der Waals surface area contributed by atoms with Crippen LogP contribution in [0.1, 0.15) is 31.1 Å². The van der Waals surface area contributed by atoms with E-state index in [-0.39, 0.29) is 0 Å². The maximum Gasteiger partial charge on any atom is 0.111 e. The molecule has 1 aromatic carbocycles. The standard InChI is InChI=1S/C15H18BrClN2S/c1-20-12-4-3-11(9-12)19-14-5-2-10(16)8-13(14)18-15(19)6-7-17/h2,5,8,11-12H,3-4,6-7,9H2,1H3. The summed E-state index contributed by atoms with van der Waals surface area (Å²) in [7, 11) is 0. The van der Waals surface area contributed by atoms with E-state index < -0.39 is 0 Å². The normalized spacial score (nSPS) is 22.8. The minimum Gasteiger partial charge on any atom is -0.325 e. The molecule has 0 N–H and O–H groups in total. The Bertz CT molecular complexity index is 613. The van der Waals surface area contributed by atoms with Gasteiger partial charge in [-0.25, -0.2) is 4.98 Å². The number of hydrogen-bond donors (Lipinski definition) is 0. The molecule has 2 aromatic rings. The molecule has 1 heterocycles. The second-order valence-corrected chi connectivity index (χ2v) is 7.73. The van der Waals surface area contributed by atoms with Crippen molar-refractivity contribution in [2.24, 2.45) is 0 Å². The van der Waals surface area contributed by atoms with E-state index in [2.05, 4.69) is 45.0 Å². The molecule has 0 bridgehead atoms. The van der Waals surface area contributed by atoms with Gasteiger partial charge in [0.15, 0.2) is 0 Å². The van der Waals surface area contributed by atoms with Gasteiger partial charge in [0, 0.05) is 28.1 Å². The third-order valence-corrected chi connectivity index (χ3v) is 5.88. The predicted octanol–water partition coefficient (Wildman–Crippen LogP) is 5.04. The van der Waals surface area contributed by atoms with Crippen LogP contribution in [0.4, 0.5) is 0 Å². The summed E-state index contributed by atoms with van der Waals surface area (Å²) in [5, 5.41) is 0.789. The average molecular weight is 374 g/mol. The molecule has 1 aromatic heterocycles. The molecule has 108 valence electrons. The first-order valence-corrected chi connectivity index (χ1v) is 9.59. The van der Waals surface area contributed by atoms with Crippen molar-refractivity contribution in [2.45, 2.75) is 37.0 Å². The van der Waals surface area contributed by atoms with Gasteiger partial charge in [-0.2, -0.15) is 11.8 Å². The molecule has 0 saturated heterocycles. The molecule has 0 radical (unpaired) electrons.